The number of nitrogens with one attached hydrogen (secondary N) is 2. The Hall–Kier alpha value is -1.27. The van der Waals surface area contributed by atoms with Crippen LogP contribution in [0.15, 0.2) is 40.0 Å². The molecule has 1 heterocycles. The Balaban J connectivity index is 1.80. The van der Waals surface area contributed by atoms with Crippen molar-refractivity contribution in [1.82, 2.24) is 15.3 Å². The number of carbonyl (C=O) groups is 1. The molecule has 0 aliphatic rings. The third kappa shape index (κ3) is 4.40. The Labute approximate surface area is 124 Å². The van der Waals surface area contributed by atoms with E-state index in [4.69, 9.17) is 0 Å². The normalized spacial score (nSPS) is 10.4. The van der Waals surface area contributed by atoms with Crippen LogP contribution in [0.25, 0.3) is 0 Å². The number of amides is 1. The molecule has 0 aliphatic heterocycles. The first-order valence-electron chi connectivity index (χ1n) is 5.79. The van der Waals surface area contributed by atoms with Gasteiger partial charge in [-0.2, -0.15) is 0 Å². The van der Waals surface area contributed by atoms with Gasteiger partial charge in [0.1, 0.15) is 5.82 Å². The zero-order valence-electron chi connectivity index (χ0n) is 10.4. The number of aromatic amines is 1. The summed E-state index contributed by atoms with van der Waals surface area (Å²) >= 11 is 4.96. The first-order valence-corrected chi connectivity index (χ1v) is 7.57. The molecule has 1 aromatic heterocycles. The molecule has 2 rings (SSSR count). The predicted octanol–water partition coefficient (Wildman–Crippen LogP) is 2.89. The number of aryl methyl sites for hydroxylation is 1. The summed E-state index contributed by atoms with van der Waals surface area (Å²) in [4.78, 5) is 19.8. The lowest BCUT2D eigenvalue weighted by Crippen LogP contribution is -2.25. The molecule has 0 bridgehead atoms. The van der Waals surface area contributed by atoms with Gasteiger partial charge in [0.2, 0.25) is 5.91 Å². The van der Waals surface area contributed by atoms with E-state index in [9.17, 15) is 4.79 Å². The molecule has 0 saturated heterocycles. The van der Waals surface area contributed by atoms with Gasteiger partial charge in [-0.3, -0.25) is 4.79 Å². The minimum atomic E-state index is 0.00344. The second-order valence-electron chi connectivity index (χ2n) is 4.01. The number of rotatable bonds is 5. The zero-order chi connectivity index (χ0) is 13.7. The number of H-pyrrole nitrogens is 1. The molecule has 19 heavy (non-hydrogen) atoms. The van der Waals surface area contributed by atoms with Gasteiger partial charge >= 0.3 is 0 Å². The Morgan fingerprint density at radius 2 is 2.37 bits per heavy atom. The Bertz CT molecular complexity index is 557. The molecule has 0 spiro atoms. The highest BCUT2D eigenvalue weighted by Crippen LogP contribution is 2.24. The molecule has 2 N–H and O–H groups in total. The van der Waals surface area contributed by atoms with Crippen molar-refractivity contribution in [3.63, 3.8) is 0 Å². The van der Waals surface area contributed by atoms with Gasteiger partial charge in [0.15, 0.2) is 0 Å². The second-order valence-corrected chi connectivity index (χ2v) is 5.94. The van der Waals surface area contributed by atoms with E-state index in [-0.39, 0.29) is 5.91 Å². The molecule has 6 heteroatoms. The molecule has 0 fully saturated rings. The minimum Gasteiger partial charge on any atom is -0.348 e. The van der Waals surface area contributed by atoms with Crippen LogP contribution in [-0.4, -0.2) is 21.6 Å². The molecule has 2 aromatic rings. The largest absolute Gasteiger partial charge is 0.348 e. The van der Waals surface area contributed by atoms with Gasteiger partial charge in [0, 0.05) is 21.8 Å². The number of imidazole rings is 1. The first kappa shape index (κ1) is 14.1. The molecule has 100 valence electrons. The lowest BCUT2D eigenvalue weighted by Gasteiger charge is -2.06. The van der Waals surface area contributed by atoms with Crippen LogP contribution in [-0.2, 0) is 11.3 Å². The molecule has 4 nitrogen and oxygen atoms in total. The van der Waals surface area contributed by atoms with Crippen molar-refractivity contribution in [3.05, 3.63) is 46.5 Å². The third-order valence-corrected chi connectivity index (χ3v) is 4.17. The Morgan fingerprint density at radius 3 is 3.05 bits per heavy atom. The molecule has 0 saturated carbocycles. The molecular weight excluding hydrogens is 326 g/mol. The van der Waals surface area contributed by atoms with Crippen LogP contribution < -0.4 is 5.32 Å². The van der Waals surface area contributed by atoms with Crippen LogP contribution in [0.5, 0.6) is 0 Å². The summed E-state index contributed by atoms with van der Waals surface area (Å²) in [5.41, 5.74) is 1.17. The SMILES string of the molecule is Cc1cc(Br)ccc1SCC(=O)NCc1ncc[nH]1. The number of benzene rings is 1. The highest BCUT2D eigenvalue weighted by molar-refractivity contribution is 9.10. The van der Waals surface area contributed by atoms with Crippen molar-refractivity contribution in [3.8, 4) is 0 Å². The van der Waals surface area contributed by atoms with E-state index < -0.39 is 0 Å². The quantitative estimate of drug-likeness (QED) is 0.823. The molecule has 0 atom stereocenters. The summed E-state index contributed by atoms with van der Waals surface area (Å²) in [6, 6.07) is 6.04. The van der Waals surface area contributed by atoms with E-state index in [0.29, 0.717) is 12.3 Å². The standard InChI is InChI=1S/C13H14BrN3OS/c1-9-6-10(14)2-3-11(9)19-8-13(18)17-7-12-15-4-5-16-12/h2-6H,7-8H2,1H3,(H,15,16)(H,17,18). The summed E-state index contributed by atoms with van der Waals surface area (Å²) < 4.78 is 1.05. The maximum absolute atomic E-state index is 11.7. The number of hydrogen-bond acceptors (Lipinski definition) is 3. The number of nitrogens with zero attached hydrogens (tertiary/aromatic N) is 1. The average molecular weight is 340 g/mol. The number of halogens is 1. The van der Waals surface area contributed by atoms with E-state index >= 15 is 0 Å². The van der Waals surface area contributed by atoms with Crippen LogP contribution in [0, 0.1) is 6.92 Å². The van der Waals surface area contributed by atoms with E-state index in [2.05, 4.69) is 31.2 Å². The molecule has 0 radical (unpaired) electrons. The summed E-state index contributed by atoms with van der Waals surface area (Å²) in [6.07, 6.45) is 3.41. The van der Waals surface area contributed by atoms with E-state index in [1.807, 2.05) is 25.1 Å². The van der Waals surface area contributed by atoms with Crippen molar-refractivity contribution >= 4 is 33.6 Å². The minimum absolute atomic E-state index is 0.00344. The van der Waals surface area contributed by atoms with E-state index in [0.717, 1.165) is 15.2 Å². The van der Waals surface area contributed by atoms with Crippen molar-refractivity contribution in [2.45, 2.75) is 18.4 Å². The fourth-order valence-electron chi connectivity index (χ4n) is 1.55. The fraction of sp³-hybridized carbons (Fsp3) is 0.231. The monoisotopic (exact) mass is 339 g/mol. The van der Waals surface area contributed by atoms with Crippen molar-refractivity contribution in [1.29, 1.82) is 0 Å². The van der Waals surface area contributed by atoms with Gasteiger partial charge in [0.25, 0.3) is 0 Å². The van der Waals surface area contributed by atoms with Crippen LogP contribution >= 0.6 is 27.7 Å². The highest BCUT2D eigenvalue weighted by Gasteiger charge is 2.05. The van der Waals surface area contributed by atoms with Crippen LogP contribution in [0.4, 0.5) is 0 Å². The van der Waals surface area contributed by atoms with Crippen LogP contribution in [0.3, 0.4) is 0 Å². The maximum atomic E-state index is 11.7. The molecule has 1 amide bonds. The smallest absolute Gasteiger partial charge is 0.230 e. The van der Waals surface area contributed by atoms with Crippen molar-refractivity contribution in [2.24, 2.45) is 0 Å². The van der Waals surface area contributed by atoms with E-state index in [1.165, 1.54) is 17.3 Å². The number of thioether (sulfide) groups is 1. The topological polar surface area (TPSA) is 57.8 Å². The summed E-state index contributed by atoms with van der Waals surface area (Å²) in [5, 5.41) is 2.82. The molecule has 0 unspecified atom stereocenters. The fourth-order valence-corrected chi connectivity index (χ4v) is 2.86. The van der Waals surface area contributed by atoms with Crippen molar-refractivity contribution < 1.29 is 4.79 Å². The van der Waals surface area contributed by atoms with Gasteiger partial charge in [-0.25, -0.2) is 4.98 Å². The van der Waals surface area contributed by atoms with Crippen LogP contribution in [0.2, 0.25) is 0 Å². The second kappa shape index (κ2) is 6.77. The summed E-state index contributed by atoms with van der Waals surface area (Å²) in [5.74, 6) is 1.17. The zero-order valence-corrected chi connectivity index (χ0v) is 12.8. The van der Waals surface area contributed by atoms with Gasteiger partial charge in [-0.05, 0) is 30.7 Å². The van der Waals surface area contributed by atoms with Gasteiger partial charge in [-0.15, -0.1) is 11.8 Å². The van der Waals surface area contributed by atoms with E-state index in [1.54, 1.807) is 12.4 Å². The molecular formula is C13H14BrN3OS. The van der Waals surface area contributed by atoms with Gasteiger partial charge in [-0.1, -0.05) is 15.9 Å². The lowest BCUT2D eigenvalue weighted by molar-refractivity contribution is -0.118. The predicted molar refractivity (Wildman–Crippen MR) is 80.0 cm³/mol. The van der Waals surface area contributed by atoms with Crippen molar-refractivity contribution in [2.75, 3.05) is 5.75 Å². The van der Waals surface area contributed by atoms with Gasteiger partial charge < -0.3 is 10.3 Å². The number of aromatic nitrogens is 2. The summed E-state index contributed by atoms with van der Waals surface area (Å²) in [6.45, 7) is 2.47. The average Bonchev–Trinajstić information content (AvgIpc) is 2.88. The highest BCUT2D eigenvalue weighted by atomic mass is 79.9. The lowest BCUT2D eigenvalue weighted by atomic mass is 10.2. The number of carbonyl (C=O) groups excluding carboxylic acids is 1. The number of hydrogen-bond donors (Lipinski definition) is 2. The van der Waals surface area contributed by atoms with Crippen LogP contribution in [0.1, 0.15) is 11.4 Å². The first-order chi connectivity index (χ1) is 9.15. The Kier molecular flexibility index (Phi) is 5.04. The molecule has 1 aromatic carbocycles. The maximum Gasteiger partial charge on any atom is 0.230 e. The third-order valence-electron chi connectivity index (χ3n) is 2.50. The summed E-state index contributed by atoms with van der Waals surface area (Å²) in [7, 11) is 0. The Morgan fingerprint density at radius 1 is 1.53 bits per heavy atom. The van der Waals surface area contributed by atoms with Gasteiger partial charge in [0.05, 0.1) is 12.3 Å². The molecule has 0 aliphatic carbocycles.